The van der Waals surface area contributed by atoms with Gasteiger partial charge in [-0.1, -0.05) is 36.4 Å². The van der Waals surface area contributed by atoms with Gasteiger partial charge in [0, 0.05) is 36.0 Å². The van der Waals surface area contributed by atoms with Gasteiger partial charge in [0.1, 0.15) is 11.4 Å². The monoisotopic (exact) mass is 443 g/mol. The summed E-state index contributed by atoms with van der Waals surface area (Å²) in [5.41, 5.74) is 3.14. The van der Waals surface area contributed by atoms with E-state index < -0.39 is 0 Å². The molecule has 0 saturated heterocycles. The third-order valence-electron chi connectivity index (χ3n) is 6.10. The van der Waals surface area contributed by atoms with Crippen LogP contribution < -0.4 is 10.1 Å². The smallest absolute Gasteiger partial charge is 0.196 e. The molecule has 7 heteroatoms. The van der Waals surface area contributed by atoms with E-state index >= 15 is 0 Å². The molecule has 1 atom stereocenters. The van der Waals surface area contributed by atoms with Crippen molar-refractivity contribution in [2.75, 3.05) is 38.6 Å². The molecule has 0 radical (unpaired) electrons. The van der Waals surface area contributed by atoms with Crippen molar-refractivity contribution in [1.82, 2.24) is 4.90 Å². The number of carbonyl (C=O) groups is 2. The molecule has 3 aliphatic rings. The molecule has 1 heterocycles. The number of aliphatic hydroxyl groups is 1. The lowest BCUT2D eigenvalue weighted by atomic mass is 9.81. The largest absolute Gasteiger partial charge is 0.478 e. The summed E-state index contributed by atoms with van der Waals surface area (Å²) in [6, 6.07) is 8.70. The normalized spacial score (nSPS) is 17.7. The van der Waals surface area contributed by atoms with Gasteiger partial charge in [-0.3, -0.25) is 9.59 Å². The zero-order valence-corrected chi connectivity index (χ0v) is 18.4. The summed E-state index contributed by atoms with van der Waals surface area (Å²) in [5.74, 6) is 0.0803. The molecular formula is C26H25N3O4. The van der Waals surface area contributed by atoms with Gasteiger partial charge in [-0.05, 0) is 32.2 Å². The Balaban J connectivity index is 1.56. The molecule has 0 fully saturated rings. The average Bonchev–Trinajstić information content (AvgIpc) is 2.83. The molecule has 0 aromatic heterocycles. The zero-order valence-electron chi connectivity index (χ0n) is 18.4. The number of benzene rings is 2. The zero-order chi connectivity index (χ0) is 22.9. The molecule has 2 aromatic carbocycles. The number of hydrogen-bond acceptors (Lipinski definition) is 7. The highest BCUT2D eigenvalue weighted by Crippen LogP contribution is 2.46. The van der Waals surface area contributed by atoms with Crippen LogP contribution in [0.4, 0.5) is 11.4 Å². The Hall–Kier alpha value is -3.55. The number of anilines is 1. The first-order valence-corrected chi connectivity index (χ1v) is 11.1. The van der Waals surface area contributed by atoms with Crippen molar-refractivity contribution in [3.63, 3.8) is 0 Å². The molecule has 33 heavy (non-hydrogen) atoms. The first-order chi connectivity index (χ1) is 16.1. The van der Waals surface area contributed by atoms with E-state index in [2.05, 4.69) is 5.32 Å². The third-order valence-corrected chi connectivity index (χ3v) is 6.10. The van der Waals surface area contributed by atoms with E-state index in [9.17, 15) is 9.59 Å². The van der Waals surface area contributed by atoms with Crippen molar-refractivity contribution < 1.29 is 19.4 Å². The van der Waals surface area contributed by atoms with Gasteiger partial charge in [0.15, 0.2) is 17.7 Å². The van der Waals surface area contributed by atoms with Gasteiger partial charge in [0.05, 0.1) is 23.4 Å². The maximum absolute atomic E-state index is 13.6. The Bertz CT molecular complexity index is 1230. The van der Waals surface area contributed by atoms with Crippen LogP contribution in [0, 0.1) is 0 Å². The molecule has 1 aliphatic heterocycles. The highest BCUT2D eigenvalue weighted by molar-refractivity contribution is 6.32. The van der Waals surface area contributed by atoms with E-state index in [4.69, 9.17) is 14.8 Å². The second-order valence-electron chi connectivity index (χ2n) is 8.35. The summed E-state index contributed by atoms with van der Waals surface area (Å²) in [7, 11) is 1.95. The van der Waals surface area contributed by atoms with Crippen LogP contribution >= 0.6 is 0 Å². The summed E-state index contributed by atoms with van der Waals surface area (Å²) >= 11 is 0. The van der Waals surface area contributed by atoms with Crippen LogP contribution in [0.2, 0.25) is 0 Å². The maximum Gasteiger partial charge on any atom is 0.196 e. The number of ether oxygens (including phenoxy) is 1. The van der Waals surface area contributed by atoms with Crippen LogP contribution in [-0.2, 0) is 0 Å². The SMILES string of the molecule is CN(CCO)CCCNc1cc2c(c3c1C(=O)c1ccccc1C3=O)N=C1C=CC=CC1O2. The van der Waals surface area contributed by atoms with E-state index in [0.717, 1.165) is 13.0 Å². The number of rotatable bonds is 7. The summed E-state index contributed by atoms with van der Waals surface area (Å²) in [5, 5.41) is 12.4. The number of nitrogens with zero attached hydrogens (tertiary/aromatic N) is 2. The lowest BCUT2D eigenvalue weighted by Crippen LogP contribution is -2.30. The van der Waals surface area contributed by atoms with E-state index in [0.29, 0.717) is 58.2 Å². The van der Waals surface area contributed by atoms with Gasteiger partial charge < -0.3 is 20.1 Å². The van der Waals surface area contributed by atoms with Gasteiger partial charge in [-0.2, -0.15) is 0 Å². The lowest BCUT2D eigenvalue weighted by Gasteiger charge is -2.29. The predicted octanol–water partition coefficient (Wildman–Crippen LogP) is 3.15. The number of aliphatic imine (C=N–C) groups is 1. The van der Waals surface area contributed by atoms with E-state index in [1.165, 1.54) is 0 Å². The number of carbonyl (C=O) groups excluding carboxylic acids is 2. The van der Waals surface area contributed by atoms with Gasteiger partial charge in [0.25, 0.3) is 0 Å². The van der Waals surface area contributed by atoms with Crippen molar-refractivity contribution in [3.8, 4) is 5.75 Å². The summed E-state index contributed by atoms with van der Waals surface area (Å²) in [6.07, 6.45) is 8.04. The van der Waals surface area contributed by atoms with Crippen molar-refractivity contribution in [2.45, 2.75) is 12.5 Å². The van der Waals surface area contributed by atoms with Crippen LogP contribution in [0.15, 0.2) is 59.6 Å². The van der Waals surface area contributed by atoms with Crippen LogP contribution in [0.3, 0.4) is 0 Å². The Morgan fingerprint density at radius 2 is 1.85 bits per heavy atom. The second-order valence-corrected chi connectivity index (χ2v) is 8.35. The number of ketones is 2. The van der Waals surface area contributed by atoms with E-state index in [-0.39, 0.29) is 24.3 Å². The second kappa shape index (κ2) is 8.77. The van der Waals surface area contributed by atoms with Crippen molar-refractivity contribution in [1.29, 1.82) is 0 Å². The fourth-order valence-corrected chi connectivity index (χ4v) is 4.43. The van der Waals surface area contributed by atoms with Gasteiger partial charge in [0.2, 0.25) is 0 Å². The number of likely N-dealkylation sites (N-methyl/N-ethyl adjacent to an activating group) is 1. The van der Waals surface area contributed by atoms with E-state index in [1.54, 1.807) is 30.3 Å². The van der Waals surface area contributed by atoms with Crippen molar-refractivity contribution >= 4 is 28.7 Å². The molecule has 0 spiro atoms. The van der Waals surface area contributed by atoms with Crippen LogP contribution in [-0.4, -0.2) is 66.7 Å². The standard InChI is InChI=1S/C26H25N3O4/c1-29(13-14-30)12-6-11-27-19-15-21-24(28-18-9-4-5-10-20(18)33-21)23-22(19)25(31)16-7-2-3-8-17(16)26(23)32/h2-5,7-10,15,20,27,30H,6,11-14H2,1H3. The summed E-state index contributed by atoms with van der Waals surface area (Å²) in [6.45, 7) is 2.11. The summed E-state index contributed by atoms with van der Waals surface area (Å²) in [4.78, 5) is 33.9. The Labute approximate surface area is 192 Å². The number of allylic oxidation sites excluding steroid dienone is 2. The number of aliphatic hydroxyl groups excluding tert-OH is 1. The fourth-order valence-electron chi connectivity index (χ4n) is 4.43. The van der Waals surface area contributed by atoms with E-state index in [1.807, 2.05) is 36.3 Å². The number of hydrogen-bond donors (Lipinski definition) is 2. The minimum Gasteiger partial charge on any atom is -0.478 e. The highest BCUT2D eigenvalue weighted by Gasteiger charge is 2.37. The molecule has 2 aromatic rings. The Kier molecular flexibility index (Phi) is 5.66. The van der Waals surface area contributed by atoms with Crippen LogP contribution in [0.25, 0.3) is 0 Å². The molecule has 7 nitrogen and oxygen atoms in total. The number of nitrogens with one attached hydrogen (secondary N) is 1. The molecule has 1 unspecified atom stereocenters. The highest BCUT2D eigenvalue weighted by atomic mass is 16.5. The topological polar surface area (TPSA) is 91.2 Å². The molecule has 0 saturated carbocycles. The van der Waals surface area contributed by atoms with Crippen LogP contribution in [0.1, 0.15) is 38.3 Å². The molecule has 2 aliphatic carbocycles. The maximum atomic E-state index is 13.6. The molecule has 2 N–H and O–H groups in total. The molecule has 0 amide bonds. The molecule has 168 valence electrons. The fraction of sp³-hybridized carbons (Fsp3) is 0.269. The molecule has 0 bridgehead atoms. The molecule has 5 rings (SSSR count). The van der Waals surface area contributed by atoms with Crippen LogP contribution in [0.5, 0.6) is 5.75 Å². The lowest BCUT2D eigenvalue weighted by molar-refractivity contribution is 0.0979. The predicted molar refractivity (Wildman–Crippen MR) is 127 cm³/mol. The quantitative estimate of drug-likeness (QED) is 0.545. The summed E-state index contributed by atoms with van der Waals surface area (Å²) < 4.78 is 6.18. The van der Waals surface area contributed by atoms with Gasteiger partial charge in [-0.15, -0.1) is 0 Å². The van der Waals surface area contributed by atoms with Gasteiger partial charge in [-0.25, -0.2) is 4.99 Å². The average molecular weight is 444 g/mol. The number of fused-ring (bicyclic) bond motifs is 5. The first kappa shape index (κ1) is 21.3. The first-order valence-electron chi connectivity index (χ1n) is 11.1. The Morgan fingerprint density at radius 1 is 1.09 bits per heavy atom. The van der Waals surface area contributed by atoms with Crippen molar-refractivity contribution in [2.24, 2.45) is 4.99 Å². The minimum absolute atomic E-state index is 0.114. The Morgan fingerprint density at radius 3 is 2.61 bits per heavy atom. The minimum atomic E-state index is -0.317. The van der Waals surface area contributed by atoms with Crippen molar-refractivity contribution in [3.05, 3.63) is 76.9 Å². The molecular weight excluding hydrogens is 418 g/mol. The van der Waals surface area contributed by atoms with Gasteiger partial charge >= 0.3 is 0 Å². The third kappa shape index (κ3) is 3.79.